The molecule has 2 aromatic carbocycles. The number of nitrogens with two attached hydrogens (primary N) is 2. The minimum absolute atomic E-state index is 0.0446. The van der Waals surface area contributed by atoms with Crippen molar-refractivity contribution < 1.29 is 50.3 Å². The fourth-order valence-electron chi connectivity index (χ4n) is 4.63. The number of halogens is 7. The lowest BCUT2D eigenvalue weighted by atomic mass is 9.87. The monoisotopic (exact) mass is 661 g/mol. The largest absolute Gasteiger partial charge is 0.491 e. The molecule has 3 aromatic rings. The standard InChI is InChI=1S/C26H22ClF6N7O5/c27-14-5-11(4-13(8-14)25(28,29)30)15(9-19(41)45-23(44)26(31,32)33)20(22(35)43)40-18-7-12(21(34)42)6-17(16(18)10-38-40)39-24-36-2-1-3-37-24/h4-8,10,15,20H,1-3,9H2,(H2,34,42)(H2,35,43)(H2,36,37,39)/t15-,20?/m0/s1. The Balaban J connectivity index is 1.90. The fourth-order valence-corrected chi connectivity index (χ4v) is 4.87. The molecule has 2 atom stereocenters. The summed E-state index contributed by atoms with van der Waals surface area (Å²) < 4.78 is 84.1. The van der Waals surface area contributed by atoms with Gasteiger partial charge in [0.05, 0.1) is 29.4 Å². The van der Waals surface area contributed by atoms with Gasteiger partial charge in [-0.3, -0.25) is 24.1 Å². The van der Waals surface area contributed by atoms with Gasteiger partial charge in [0.2, 0.25) is 11.8 Å². The molecule has 0 fully saturated rings. The van der Waals surface area contributed by atoms with Gasteiger partial charge in [0.1, 0.15) is 6.04 Å². The fraction of sp³-hybridized carbons (Fsp3) is 0.308. The van der Waals surface area contributed by atoms with Crippen LogP contribution < -0.4 is 22.1 Å². The number of aromatic nitrogens is 2. The highest BCUT2D eigenvalue weighted by molar-refractivity contribution is 6.30. The summed E-state index contributed by atoms with van der Waals surface area (Å²) in [5.74, 6) is -8.51. The highest BCUT2D eigenvalue weighted by Crippen LogP contribution is 2.40. The first-order chi connectivity index (χ1) is 21.0. The minimum atomic E-state index is -5.59. The zero-order valence-electron chi connectivity index (χ0n) is 22.6. The SMILES string of the molecule is NC(=O)c1cc(NC2=NCCCN2)c2cnn(C(C(N)=O)[C@@H](CC(=O)OC(=O)C(F)(F)F)c3cc(Cl)cc(C(F)(F)F)c3)c2c1. The van der Waals surface area contributed by atoms with E-state index in [1.807, 2.05) is 0 Å². The van der Waals surface area contributed by atoms with Crippen molar-refractivity contribution in [3.8, 4) is 0 Å². The molecule has 2 amide bonds. The van der Waals surface area contributed by atoms with E-state index < -0.39 is 70.6 Å². The van der Waals surface area contributed by atoms with Crippen molar-refractivity contribution in [2.24, 2.45) is 16.5 Å². The Kier molecular flexibility index (Phi) is 9.27. The van der Waals surface area contributed by atoms with Crippen LogP contribution in [0.3, 0.4) is 0 Å². The van der Waals surface area contributed by atoms with E-state index in [2.05, 4.69) is 25.5 Å². The molecule has 0 saturated carbocycles. The van der Waals surface area contributed by atoms with Crippen molar-refractivity contribution in [1.82, 2.24) is 15.1 Å². The number of benzene rings is 2. The molecule has 0 bridgehead atoms. The highest BCUT2D eigenvalue weighted by Gasteiger charge is 2.44. The molecular weight excluding hydrogens is 640 g/mol. The number of fused-ring (bicyclic) bond motifs is 1. The van der Waals surface area contributed by atoms with Crippen LogP contribution in [0.5, 0.6) is 0 Å². The maximum absolute atomic E-state index is 13.7. The zero-order valence-corrected chi connectivity index (χ0v) is 23.4. The van der Waals surface area contributed by atoms with Gasteiger partial charge < -0.3 is 26.8 Å². The topological polar surface area (TPSA) is 184 Å². The van der Waals surface area contributed by atoms with E-state index in [0.29, 0.717) is 31.2 Å². The second kappa shape index (κ2) is 12.6. The molecule has 240 valence electrons. The summed E-state index contributed by atoms with van der Waals surface area (Å²) in [5, 5.41) is 9.79. The molecule has 2 heterocycles. The van der Waals surface area contributed by atoms with E-state index >= 15 is 0 Å². The summed E-state index contributed by atoms with van der Waals surface area (Å²) in [6, 6.07) is 2.58. The van der Waals surface area contributed by atoms with Crippen LogP contribution in [0.4, 0.5) is 32.0 Å². The number of primary amides is 2. The molecule has 0 spiro atoms. The third-order valence-electron chi connectivity index (χ3n) is 6.59. The number of aliphatic imine (C=N–C) groups is 1. The molecule has 0 radical (unpaired) electrons. The number of amides is 2. The second-order valence-electron chi connectivity index (χ2n) is 9.73. The molecule has 0 aliphatic carbocycles. The Bertz CT molecular complexity index is 1710. The molecular formula is C26H22ClF6N7O5. The lowest BCUT2D eigenvalue weighted by molar-refractivity contribution is -0.202. The van der Waals surface area contributed by atoms with Gasteiger partial charge in [0, 0.05) is 35.0 Å². The molecule has 1 unspecified atom stereocenters. The van der Waals surface area contributed by atoms with E-state index in [1.54, 1.807) is 0 Å². The maximum Gasteiger partial charge on any atom is 0.491 e. The molecule has 19 heteroatoms. The Morgan fingerprint density at radius 2 is 1.78 bits per heavy atom. The van der Waals surface area contributed by atoms with Crippen molar-refractivity contribution in [2.45, 2.75) is 37.2 Å². The summed E-state index contributed by atoms with van der Waals surface area (Å²) >= 11 is 5.92. The summed E-state index contributed by atoms with van der Waals surface area (Å²) in [6.07, 6.45) is -9.89. The van der Waals surface area contributed by atoms with Crippen LogP contribution in [0.15, 0.2) is 41.5 Å². The minimum Gasteiger partial charge on any atom is -0.386 e. The molecule has 0 saturated heterocycles. The number of ether oxygens (including phenoxy) is 1. The van der Waals surface area contributed by atoms with Crippen LogP contribution in [0.2, 0.25) is 5.02 Å². The molecule has 6 N–H and O–H groups in total. The number of hydrogen-bond acceptors (Lipinski definition) is 9. The number of nitrogens with zero attached hydrogens (tertiary/aromatic N) is 3. The molecule has 1 aliphatic heterocycles. The van der Waals surface area contributed by atoms with Crippen LogP contribution in [0.1, 0.15) is 46.3 Å². The summed E-state index contributed by atoms with van der Waals surface area (Å²) in [6.45, 7) is 1.05. The Morgan fingerprint density at radius 3 is 2.36 bits per heavy atom. The number of carbonyl (C=O) groups excluding carboxylic acids is 4. The zero-order chi connectivity index (χ0) is 33.3. The number of guanidine groups is 1. The average Bonchev–Trinajstić information content (AvgIpc) is 3.35. The number of rotatable bonds is 8. The van der Waals surface area contributed by atoms with Gasteiger partial charge in [-0.2, -0.15) is 31.4 Å². The van der Waals surface area contributed by atoms with Crippen LogP contribution >= 0.6 is 11.6 Å². The van der Waals surface area contributed by atoms with Gasteiger partial charge in [0.25, 0.3) is 0 Å². The number of nitrogens with one attached hydrogen (secondary N) is 2. The first-order valence-corrected chi connectivity index (χ1v) is 13.2. The average molecular weight is 662 g/mol. The van der Waals surface area contributed by atoms with Gasteiger partial charge in [-0.1, -0.05) is 11.6 Å². The van der Waals surface area contributed by atoms with Crippen molar-refractivity contribution in [2.75, 3.05) is 18.4 Å². The third-order valence-corrected chi connectivity index (χ3v) is 6.81. The van der Waals surface area contributed by atoms with E-state index in [9.17, 15) is 45.5 Å². The first kappa shape index (κ1) is 33.0. The maximum atomic E-state index is 13.7. The molecule has 1 aromatic heterocycles. The van der Waals surface area contributed by atoms with Gasteiger partial charge in [-0.25, -0.2) is 4.79 Å². The van der Waals surface area contributed by atoms with Crippen LogP contribution in [-0.4, -0.2) is 58.8 Å². The quantitative estimate of drug-likeness (QED) is 0.161. The predicted octanol–water partition coefficient (Wildman–Crippen LogP) is 3.40. The van der Waals surface area contributed by atoms with Crippen LogP contribution in [0.25, 0.3) is 10.9 Å². The van der Waals surface area contributed by atoms with Crippen LogP contribution in [0, 0.1) is 0 Å². The molecule has 1 aliphatic rings. The van der Waals surface area contributed by atoms with Crippen molar-refractivity contribution in [3.63, 3.8) is 0 Å². The van der Waals surface area contributed by atoms with Gasteiger partial charge in [0.15, 0.2) is 5.96 Å². The number of alkyl halides is 6. The predicted molar refractivity (Wildman–Crippen MR) is 146 cm³/mol. The lowest BCUT2D eigenvalue weighted by Gasteiger charge is -2.26. The van der Waals surface area contributed by atoms with Gasteiger partial charge in [-0.05, 0) is 42.3 Å². The smallest absolute Gasteiger partial charge is 0.386 e. The normalized spacial score (nSPS) is 15.0. The first-order valence-electron chi connectivity index (χ1n) is 12.8. The molecule has 4 rings (SSSR count). The molecule has 45 heavy (non-hydrogen) atoms. The summed E-state index contributed by atoms with van der Waals surface area (Å²) in [7, 11) is 0. The molecule has 12 nitrogen and oxygen atoms in total. The Labute approximate surface area is 253 Å². The van der Waals surface area contributed by atoms with Crippen molar-refractivity contribution >= 4 is 57.9 Å². The Morgan fingerprint density at radius 1 is 1.07 bits per heavy atom. The summed E-state index contributed by atoms with van der Waals surface area (Å²) in [4.78, 5) is 53.3. The van der Waals surface area contributed by atoms with E-state index in [1.165, 1.54) is 18.3 Å². The third kappa shape index (κ3) is 7.62. The highest BCUT2D eigenvalue weighted by atomic mass is 35.5. The van der Waals surface area contributed by atoms with E-state index in [-0.39, 0.29) is 22.2 Å². The van der Waals surface area contributed by atoms with Gasteiger partial charge in [-0.15, -0.1) is 0 Å². The number of esters is 2. The lowest BCUT2D eigenvalue weighted by Crippen LogP contribution is -2.35. The van der Waals surface area contributed by atoms with Gasteiger partial charge >= 0.3 is 24.3 Å². The van der Waals surface area contributed by atoms with E-state index in [4.69, 9.17) is 23.1 Å². The second-order valence-corrected chi connectivity index (χ2v) is 10.2. The number of anilines is 1. The van der Waals surface area contributed by atoms with Crippen molar-refractivity contribution in [1.29, 1.82) is 0 Å². The number of carbonyl (C=O) groups is 4. The van der Waals surface area contributed by atoms with Crippen LogP contribution in [-0.2, 0) is 25.3 Å². The Hall–Kier alpha value is -4.87. The number of hydrogen-bond donors (Lipinski definition) is 4. The van der Waals surface area contributed by atoms with E-state index in [0.717, 1.165) is 17.2 Å². The van der Waals surface area contributed by atoms with Crippen molar-refractivity contribution in [3.05, 3.63) is 58.2 Å². The summed E-state index contributed by atoms with van der Waals surface area (Å²) in [5.41, 5.74) is 9.38.